The van der Waals surface area contributed by atoms with Gasteiger partial charge in [-0.15, -0.1) is 0 Å². The molecule has 2 unspecified atom stereocenters. The van der Waals surface area contributed by atoms with Crippen LogP contribution in [0, 0.1) is 5.92 Å². The number of nitrogens with one attached hydrogen (secondary N) is 2. The van der Waals surface area contributed by atoms with E-state index in [1.165, 1.54) is 14.2 Å². The van der Waals surface area contributed by atoms with Gasteiger partial charge >= 0.3 is 12.0 Å². The summed E-state index contributed by atoms with van der Waals surface area (Å²) in [5.74, 6) is 0.891. The normalized spacial score (nSPS) is 19.3. The van der Waals surface area contributed by atoms with Gasteiger partial charge in [-0.25, -0.2) is 4.79 Å². The lowest BCUT2D eigenvalue weighted by Gasteiger charge is -2.33. The molecular weight excluding hydrogens is 404 g/mol. The van der Waals surface area contributed by atoms with Gasteiger partial charge in [-0.2, -0.15) is 0 Å². The number of esters is 1. The van der Waals surface area contributed by atoms with E-state index in [-0.39, 0.29) is 19.1 Å². The second-order valence-corrected chi connectivity index (χ2v) is 6.99. The minimum Gasteiger partial charge on any atom is -0.493 e. The van der Waals surface area contributed by atoms with Gasteiger partial charge in [0, 0.05) is 5.70 Å². The van der Waals surface area contributed by atoms with Crippen molar-refractivity contribution in [3.8, 4) is 23.0 Å². The van der Waals surface area contributed by atoms with Gasteiger partial charge in [0.1, 0.15) is 12.5 Å². The van der Waals surface area contributed by atoms with Crippen LogP contribution in [0.1, 0.15) is 17.2 Å². The number of carbonyl (C=O) groups excluding carboxylic acids is 2. The van der Waals surface area contributed by atoms with Crippen LogP contribution in [0.25, 0.3) is 0 Å². The molecule has 162 valence electrons. The van der Waals surface area contributed by atoms with Crippen molar-refractivity contribution in [3.63, 3.8) is 0 Å². The fourth-order valence-electron chi connectivity index (χ4n) is 3.56. The first-order valence-corrected chi connectivity index (χ1v) is 9.53. The van der Waals surface area contributed by atoms with Crippen molar-refractivity contribution < 1.29 is 33.3 Å². The van der Waals surface area contributed by atoms with Crippen molar-refractivity contribution in [2.75, 3.05) is 21.0 Å². The smallest absolute Gasteiger partial charge is 0.319 e. The Balaban J connectivity index is 1.54. The van der Waals surface area contributed by atoms with Crippen molar-refractivity contribution in [3.05, 3.63) is 59.8 Å². The van der Waals surface area contributed by atoms with E-state index in [4.69, 9.17) is 23.7 Å². The van der Waals surface area contributed by atoms with Crippen molar-refractivity contribution in [2.45, 2.75) is 12.6 Å². The van der Waals surface area contributed by atoms with Crippen LogP contribution in [-0.2, 0) is 16.1 Å². The van der Waals surface area contributed by atoms with Crippen LogP contribution in [0.2, 0.25) is 0 Å². The summed E-state index contributed by atoms with van der Waals surface area (Å²) < 4.78 is 26.8. The summed E-state index contributed by atoms with van der Waals surface area (Å²) >= 11 is 0. The van der Waals surface area contributed by atoms with Crippen LogP contribution in [0.15, 0.2) is 48.7 Å². The second kappa shape index (κ2) is 8.47. The molecule has 1 saturated heterocycles. The zero-order valence-electron chi connectivity index (χ0n) is 17.1. The summed E-state index contributed by atoms with van der Waals surface area (Å²) in [6.07, 6.45) is 0. The number of hydrogen-bond donors (Lipinski definition) is 2. The maximum atomic E-state index is 13.0. The van der Waals surface area contributed by atoms with Gasteiger partial charge in [0.25, 0.3) is 0 Å². The van der Waals surface area contributed by atoms with E-state index in [9.17, 15) is 9.59 Å². The molecule has 0 spiro atoms. The summed E-state index contributed by atoms with van der Waals surface area (Å²) in [7, 11) is 3.04. The molecule has 9 nitrogen and oxygen atoms in total. The van der Waals surface area contributed by atoms with E-state index in [0.717, 1.165) is 5.56 Å². The minimum atomic E-state index is -0.843. The number of benzene rings is 2. The third-order valence-electron chi connectivity index (χ3n) is 5.11. The lowest BCUT2D eigenvalue weighted by Crippen LogP contribution is -2.51. The lowest BCUT2D eigenvalue weighted by atomic mass is 9.89. The number of fused-ring (bicyclic) bond motifs is 1. The van der Waals surface area contributed by atoms with E-state index in [1.54, 1.807) is 36.4 Å². The first kappa shape index (κ1) is 20.4. The van der Waals surface area contributed by atoms with Gasteiger partial charge in [-0.1, -0.05) is 18.7 Å². The van der Waals surface area contributed by atoms with Crippen LogP contribution in [0.3, 0.4) is 0 Å². The van der Waals surface area contributed by atoms with Gasteiger partial charge in [-0.05, 0) is 35.4 Å². The van der Waals surface area contributed by atoms with E-state index in [0.29, 0.717) is 28.6 Å². The van der Waals surface area contributed by atoms with Crippen LogP contribution in [-0.4, -0.2) is 33.0 Å². The average molecular weight is 426 g/mol. The maximum Gasteiger partial charge on any atom is 0.319 e. The zero-order valence-corrected chi connectivity index (χ0v) is 17.1. The molecule has 0 aliphatic carbocycles. The van der Waals surface area contributed by atoms with Gasteiger partial charge in [0.2, 0.25) is 6.79 Å². The Morgan fingerprint density at radius 3 is 2.65 bits per heavy atom. The van der Waals surface area contributed by atoms with Crippen LogP contribution >= 0.6 is 0 Å². The molecule has 1 fully saturated rings. The summed E-state index contributed by atoms with van der Waals surface area (Å²) in [4.78, 5) is 25.1. The van der Waals surface area contributed by atoms with Crippen LogP contribution in [0.5, 0.6) is 23.0 Å². The molecule has 4 rings (SSSR count). The number of carbonyl (C=O) groups is 2. The number of methoxy groups -OCH3 is 2. The Hall–Kier alpha value is -3.88. The van der Waals surface area contributed by atoms with Gasteiger partial charge in [0.15, 0.2) is 23.0 Å². The Kier molecular flexibility index (Phi) is 5.57. The first-order chi connectivity index (χ1) is 15.0. The number of rotatable bonds is 6. The molecule has 2 heterocycles. The first-order valence-electron chi connectivity index (χ1n) is 9.53. The third kappa shape index (κ3) is 4.07. The highest BCUT2D eigenvalue weighted by molar-refractivity contribution is 5.85. The summed E-state index contributed by atoms with van der Waals surface area (Å²) in [5.41, 5.74) is 1.65. The number of ether oxygens (including phenoxy) is 5. The topological polar surface area (TPSA) is 104 Å². The van der Waals surface area contributed by atoms with Crippen molar-refractivity contribution in [2.24, 2.45) is 5.92 Å². The van der Waals surface area contributed by atoms with E-state index in [2.05, 4.69) is 17.2 Å². The van der Waals surface area contributed by atoms with Crippen molar-refractivity contribution in [1.29, 1.82) is 0 Å². The molecule has 31 heavy (non-hydrogen) atoms. The Labute approximate surface area is 178 Å². The second-order valence-electron chi connectivity index (χ2n) is 6.99. The fraction of sp³-hybridized carbons (Fsp3) is 0.273. The largest absolute Gasteiger partial charge is 0.493 e. The predicted molar refractivity (Wildman–Crippen MR) is 109 cm³/mol. The molecule has 0 aromatic heterocycles. The summed E-state index contributed by atoms with van der Waals surface area (Å²) in [6, 6.07) is 9.34. The molecule has 2 atom stereocenters. The number of urea groups is 1. The van der Waals surface area contributed by atoms with E-state index in [1.807, 2.05) is 0 Å². The monoisotopic (exact) mass is 426 g/mol. The quantitative estimate of drug-likeness (QED) is 0.685. The van der Waals surface area contributed by atoms with Gasteiger partial charge in [0.05, 0.1) is 20.3 Å². The third-order valence-corrected chi connectivity index (χ3v) is 5.11. The fourth-order valence-corrected chi connectivity index (χ4v) is 3.56. The van der Waals surface area contributed by atoms with E-state index < -0.39 is 24.0 Å². The molecule has 2 aromatic rings. The number of amides is 2. The maximum absolute atomic E-state index is 13.0. The molecule has 0 radical (unpaired) electrons. The Morgan fingerprint density at radius 1 is 1.10 bits per heavy atom. The molecule has 2 amide bonds. The average Bonchev–Trinajstić information content (AvgIpc) is 3.24. The zero-order chi connectivity index (χ0) is 22.0. The van der Waals surface area contributed by atoms with Crippen LogP contribution in [0.4, 0.5) is 4.79 Å². The highest BCUT2D eigenvalue weighted by Gasteiger charge is 2.39. The lowest BCUT2D eigenvalue weighted by molar-refractivity contribution is -0.149. The van der Waals surface area contributed by atoms with Crippen LogP contribution < -0.4 is 29.6 Å². The summed E-state index contributed by atoms with van der Waals surface area (Å²) in [5, 5.41) is 5.33. The van der Waals surface area contributed by atoms with Crippen molar-refractivity contribution in [1.82, 2.24) is 10.6 Å². The molecule has 9 heteroatoms. The minimum absolute atomic E-state index is 0.0336. The summed E-state index contributed by atoms with van der Waals surface area (Å²) in [6.45, 7) is 4.06. The molecule has 2 aliphatic heterocycles. The standard InChI is InChI=1S/C22H22N2O7/c1-12-19(21(25)29-10-13-4-6-16-18(8-13)31-11-30-16)20(24-22(26)23-12)14-5-7-15(27-2)17(9-14)28-3/h4-9,19-20H,1,10-11H2,2-3H3,(H2,23,24,26). The predicted octanol–water partition coefficient (Wildman–Crippen LogP) is 2.66. The molecular formula is C22H22N2O7. The Bertz CT molecular complexity index is 1040. The van der Waals surface area contributed by atoms with E-state index >= 15 is 0 Å². The van der Waals surface area contributed by atoms with Crippen molar-refractivity contribution >= 4 is 12.0 Å². The molecule has 2 aliphatic rings. The molecule has 0 saturated carbocycles. The van der Waals surface area contributed by atoms with Gasteiger partial charge < -0.3 is 34.3 Å². The Morgan fingerprint density at radius 2 is 1.87 bits per heavy atom. The molecule has 2 aromatic carbocycles. The van der Waals surface area contributed by atoms with Gasteiger partial charge in [-0.3, -0.25) is 4.79 Å². The SMILES string of the molecule is C=C1NC(=O)NC(c2ccc(OC)c(OC)c2)C1C(=O)OCc1ccc2c(c1)OCO2. The molecule has 2 N–H and O–H groups in total. The number of hydrogen-bond acceptors (Lipinski definition) is 7. The molecule has 0 bridgehead atoms. The highest BCUT2D eigenvalue weighted by Crippen LogP contribution is 2.36. The highest BCUT2D eigenvalue weighted by atomic mass is 16.7.